The van der Waals surface area contributed by atoms with Crippen LogP contribution < -0.4 is 9.47 Å². The standard InChI is InChI=1S/C16H19NO3/c1-19-14-6-3-7-15(10-14)20-11-16(18)17-12-4-2-5-13(17)9-8-12/h2-4,6-7,10,12-13H,5,8-9,11H2,1H3. The van der Waals surface area contributed by atoms with Crippen molar-refractivity contribution in [3.63, 3.8) is 0 Å². The van der Waals surface area contributed by atoms with Crippen molar-refractivity contribution >= 4 is 5.91 Å². The molecule has 1 fully saturated rings. The molecule has 1 amide bonds. The highest BCUT2D eigenvalue weighted by atomic mass is 16.5. The smallest absolute Gasteiger partial charge is 0.261 e. The molecule has 1 aromatic carbocycles. The zero-order valence-corrected chi connectivity index (χ0v) is 11.6. The van der Waals surface area contributed by atoms with E-state index in [1.807, 2.05) is 23.1 Å². The third-order valence-corrected chi connectivity index (χ3v) is 4.00. The number of fused-ring (bicyclic) bond motifs is 2. The van der Waals surface area contributed by atoms with Gasteiger partial charge in [-0.3, -0.25) is 4.79 Å². The number of hydrogen-bond acceptors (Lipinski definition) is 3. The molecule has 106 valence electrons. The first kappa shape index (κ1) is 13.0. The van der Waals surface area contributed by atoms with Crippen LogP contribution in [0.5, 0.6) is 11.5 Å². The molecule has 0 aliphatic carbocycles. The zero-order chi connectivity index (χ0) is 13.9. The number of carbonyl (C=O) groups excluding carboxylic acids is 1. The molecule has 2 aliphatic heterocycles. The molecule has 0 N–H and O–H groups in total. The van der Waals surface area contributed by atoms with Crippen molar-refractivity contribution in [2.45, 2.75) is 31.3 Å². The van der Waals surface area contributed by atoms with Crippen molar-refractivity contribution in [2.75, 3.05) is 13.7 Å². The molecule has 1 aromatic rings. The average molecular weight is 273 g/mol. The molecule has 2 atom stereocenters. The van der Waals surface area contributed by atoms with E-state index in [2.05, 4.69) is 12.2 Å². The molecule has 0 radical (unpaired) electrons. The second kappa shape index (κ2) is 5.57. The Balaban J connectivity index is 1.61. The lowest BCUT2D eigenvalue weighted by molar-refractivity contribution is -0.135. The number of hydrogen-bond donors (Lipinski definition) is 0. The fourth-order valence-electron chi connectivity index (χ4n) is 3.02. The number of benzene rings is 1. The van der Waals surface area contributed by atoms with Crippen molar-refractivity contribution in [3.05, 3.63) is 36.4 Å². The van der Waals surface area contributed by atoms with E-state index < -0.39 is 0 Å². The predicted octanol–water partition coefficient (Wildman–Crippen LogP) is 2.39. The number of methoxy groups -OCH3 is 1. The van der Waals surface area contributed by atoms with Gasteiger partial charge in [-0.1, -0.05) is 18.2 Å². The van der Waals surface area contributed by atoms with Crippen molar-refractivity contribution in [2.24, 2.45) is 0 Å². The van der Waals surface area contributed by atoms with E-state index in [0.717, 1.165) is 25.0 Å². The van der Waals surface area contributed by atoms with Gasteiger partial charge in [-0.25, -0.2) is 0 Å². The van der Waals surface area contributed by atoms with Gasteiger partial charge in [0.05, 0.1) is 13.2 Å². The Morgan fingerprint density at radius 1 is 1.35 bits per heavy atom. The molecule has 0 spiro atoms. The monoisotopic (exact) mass is 273 g/mol. The van der Waals surface area contributed by atoms with E-state index in [4.69, 9.17) is 9.47 Å². The number of rotatable bonds is 4. The summed E-state index contributed by atoms with van der Waals surface area (Å²) in [5.74, 6) is 1.47. The molecule has 3 rings (SSSR count). The van der Waals surface area contributed by atoms with Crippen LogP contribution in [0, 0.1) is 0 Å². The molecule has 1 saturated heterocycles. The van der Waals surface area contributed by atoms with Crippen molar-refractivity contribution in [1.82, 2.24) is 4.90 Å². The zero-order valence-electron chi connectivity index (χ0n) is 11.6. The minimum atomic E-state index is 0.0738. The van der Waals surface area contributed by atoms with Gasteiger partial charge in [0.25, 0.3) is 5.91 Å². The van der Waals surface area contributed by atoms with E-state index in [1.54, 1.807) is 13.2 Å². The molecule has 0 aromatic heterocycles. The maximum Gasteiger partial charge on any atom is 0.261 e. The quantitative estimate of drug-likeness (QED) is 0.791. The number of carbonyl (C=O) groups is 1. The Kier molecular flexibility index (Phi) is 3.63. The molecule has 2 unspecified atom stereocenters. The van der Waals surface area contributed by atoms with E-state index in [0.29, 0.717) is 11.8 Å². The summed E-state index contributed by atoms with van der Waals surface area (Å²) < 4.78 is 10.7. The largest absolute Gasteiger partial charge is 0.497 e. The van der Waals surface area contributed by atoms with Crippen LogP contribution in [0.2, 0.25) is 0 Å². The molecule has 0 saturated carbocycles. The van der Waals surface area contributed by atoms with Crippen molar-refractivity contribution in [1.29, 1.82) is 0 Å². The maximum absolute atomic E-state index is 12.3. The third kappa shape index (κ3) is 2.50. The first-order chi connectivity index (χ1) is 9.78. The SMILES string of the molecule is COc1cccc(OCC(=O)N2C3C=CCC2CC3)c1. The van der Waals surface area contributed by atoms with Crippen LogP contribution in [0.1, 0.15) is 19.3 Å². The molecule has 4 heteroatoms. The Labute approximate surface area is 119 Å². The Hall–Kier alpha value is -1.97. The topological polar surface area (TPSA) is 38.8 Å². The molecule has 4 nitrogen and oxygen atoms in total. The highest BCUT2D eigenvalue weighted by Gasteiger charge is 2.36. The van der Waals surface area contributed by atoms with Gasteiger partial charge in [0.1, 0.15) is 11.5 Å². The van der Waals surface area contributed by atoms with E-state index in [9.17, 15) is 4.79 Å². The second-order valence-electron chi connectivity index (χ2n) is 5.23. The summed E-state index contributed by atoms with van der Waals surface area (Å²) in [6.45, 7) is 0.0913. The van der Waals surface area contributed by atoms with Gasteiger partial charge in [-0.15, -0.1) is 0 Å². The summed E-state index contributed by atoms with van der Waals surface area (Å²) in [5.41, 5.74) is 0. The normalized spacial score (nSPS) is 23.8. The second-order valence-corrected chi connectivity index (χ2v) is 5.23. The maximum atomic E-state index is 12.3. The van der Waals surface area contributed by atoms with Gasteiger partial charge < -0.3 is 14.4 Å². The molecular weight excluding hydrogens is 254 g/mol. The summed E-state index contributed by atoms with van der Waals surface area (Å²) in [4.78, 5) is 14.3. The van der Waals surface area contributed by atoms with Gasteiger partial charge in [0.2, 0.25) is 0 Å². The van der Waals surface area contributed by atoms with Gasteiger partial charge >= 0.3 is 0 Å². The molecule has 2 aliphatic rings. The Morgan fingerprint density at radius 3 is 3.00 bits per heavy atom. The average Bonchev–Trinajstić information content (AvgIpc) is 2.74. The highest BCUT2D eigenvalue weighted by Crippen LogP contribution is 2.31. The van der Waals surface area contributed by atoms with E-state index in [1.165, 1.54) is 0 Å². The molecular formula is C16H19NO3. The minimum Gasteiger partial charge on any atom is -0.497 e. The van der Waals surface area contributed by atoms with Crippen molar-refractivity contribution < 1.29 is 14.3 Å². The van der Waals surface area contributed by atoms with E-state index >= 15 is 0 Å². The van der Waals surface area contributed by atoms with Gasteiger partial charge in [0.15, 0.2) is 6.61 Å². The lowest BCUT2D eigenvalue weighted by atomic mass is 10.1. The fourth-order valence-corrected chi connectivity index (χ4v) is 3.02. The molecule has 20 heavy (non-hydrogen) atoms. The van der Waals surface area contributed by atoms with Crippen LogP contribution in [0.25, 0.3) is 0 Å². The molecule has 2 heterocycles. The lowest BCUT2D eigenvalue weighted by Crippen LogP contribution is -2.44. The van der Waals surface area contributed by atoms with Crippen LogP contribution >= 0.6 is 0 Å². The van der Waals surface area contributed by atoms with Crippen molar-refractivity contribution in [3.8, 4) is 11.5 Å². The van der Waals surface area contributed by atoms with Crippen LogP contribution in [0.15, 0.2) is 36.4 Å². The summed E-state index contributed by atoms with van der Waals surface area (Å²) in [6, 6.07) is 7.97. The van der Waals surface area contributed by atoms with Crippen LogP contribution in [-0.2, 0) is 4.79 Å². The first-order valence-corrected chi connectivity index (χ1v) is 7.02. The summed E-state index contributed by atoms with van der Waals surface area (Å²) in [7, 11) is 1.61. The highest BCUT2D eigenvalue weighted by molar-refractivity contribution is 5.79. The van der Waals surface area contributed by atoms with Gasteiger partial charge in [0, 0.05) is 12.1 Å². The number of amides is 1. The van der Waals surface area contributed by atoms with Crippen LogP contribution in [-0.4, -0.2) is 36.6 Å². The summed E-state index contributed by atoms with van der Waals surface area (Å²) in [5, 5.41) is 0. The Morgan fingerprint density at radius 2 is 2.20 bits per heavy atom. The summed E-state index contributed by atoms with van der Waals surface area (Å²) in [6.07, 6.45) is 7.48. The predicted molar refractivity (Wildman–Crippen MR) is 75.9 cm³/mol. The first-order valence-electron chi connectivity index (χ1n) is 7.02. The molecule has 2 bridgehead atoms. The number of ether oxygens (including phenoxy) is 2. The number of nitrogens with zero attached hydrogens (tertiary/aromatic N) is 1. The van der Waals surface area contributed by atoms with E-state index in [-0.39, 0.29) is 18.6 Å². The minimum absolute atomic E-state index is 0.0738. The third-order valence-electron chi connectivity index (χ3n) is 4.00. The van der Waals surface area contributed by atoms with Gasteiger partial charge in [-0.05, 0) is 31.4 Å². The van der Waals surface area contributed by atoms with Gasteiger partial charge in [-0.2, -0.15) is 0 Å². The van der Waals surface area contributed by atoms with Crippen LogP contribution in [0.4, 0.5) is 0 Å². The van der Waals surface area contributed by atoms with Crippen LogP contribution in [0.3, 0.4) is 0 Å². The fraction of sp³-hybridized carbons (Fsp3) is 0.438. The lowest BCUT2D eigenvalue weighted by Gasteiger charge is -2.31. The Bertz CT molecular complexity index is 526. The summed E-state index contributed by atoms with van der Waals surface area (Å²) >= 11 is 0.